The highest BCUT2D eigenvalue weighted by molar-refractivity contribution is 6.44. The van der Waals surface area contributed by atoms with Gasteiger partial charge in [0.15, 0.2) is 0 Å². The van der Waals surface area contributed by atoms with Gasteiger partial charge in [0.05, 0.1) is 27.3 Å². The monoisotopic (exact) mass is 390 g/mol. The summed E-state index contributed by atoms with van der Waals surface area (Å²) in [5, 5.41) is 7.34. The molecule has 24 heavy (non-hydrogen) atoms. The Morgan fingerprint density at radius 2 is 1.83 bits per heavy atom. The quantitative estimate of drug-likeness (QED) is 0.775. The van der Waals surface area contributed by atoms with Crippen LogP contribution in [0.1, 0.15) is 6.42 Å². The van der Waals surface area contributed by atoms with Crippen molar-refractivity contribution >= 4 is 46.4 Å². The molecule has 0 saturated carbocycles. The summed E-state index contributed by atoms with van der Waals surface area (Å²) in [7, 11) is 0. The maximum absolute atomic E-state index is 12.3. The highest BCUT2D eigenvalue weighted by atomic mass is 35.5. The zero-order valence-corrected chi connectivity index (χ0v) is 15.6. The van der Waals surface area contributed by atoms with Gasteiger partial charge in [0.1, 0.15) is 0 Å². The number of nitrogens with one attached hydrogen (secondary N) is 2. The predicted octanol–water partition coefficient (Wildman–Crippen LogP) is 2.56. The van der Waals surface area contributed by atoms with Crippen molar-refractivity contribution in [2.45, 2.75) is 12.5 Å². The molecule has 0 aliphatic carbocycles. The summed E-state index contributed by atoms with van der Waals surface area (Å²) in [4.78, 5) is 16.9. The molecule has 0 radical (unpaired) electrons. The molecule has 2 fully saturated rings. The fourth-order valence-corrected chi connectivity index (χ4v) is 3.84. The molecule has 8 heteroatoms. The molecule has 5 nitrogen and oxygen atoms in total. The third kappa shape index (κ3) is 4.54. The second kappa shape index (κ2) is 8.21. The molecule has 2 heterocycles. The second-order valence-corrected chi connectivity index (χ2v) is 7.47. The van der Waals surface area contributed by atoms with Gasteiger partial charge in [-0.05, 0) is 25.1 Å². The molecule has 1 aromatic rings. The number of nitrogens with zero attached hydrogens (tertiary/aromatic N) is 2. The molecule has 2 saturated heterocycles. The Morgan fingerprint density at radius 3 is 2.50 bits per heavy atom. The topological polar surface area (TPSA) is 47.6 Å². The number of carbonyl (C=O) groups is 1. The molecular weight excluding hydrogens is 371 g/mol. The lowest BCUT2D eigenvalue weighted by Gasteiger charge is -2.37. The smallest absolute Gasteiger partial charge is 0.238 e. The average molecular weight is 392 g/mol. The number of carbonyl (C=O) groups excluding carboxylic acids is 1. The van der Waals surface area contributed by atoms with Gasteiger partial charge in [0, 0.05) is 38.8 Å². The number of amides is 1. The lowest BCUT2D eigenvalue weighted by molar-refractivity contribution is -0.117. The van der Waals surface area contributed by atoms with Crippen LogP contribution in [-0.4, -0.2) is 67.6 Å². The second-order valence-electron chi connectivity index (χ2n) is 6.25. The van der Waals surface area contributed by atoms with Gasteiger partial charge in [-0.15, -0.1) is 0 Å². The molecule has 1 atom stereocenters. The van der Waals surface area contributed by atoms with Crippen LogP contribution in [0, 0.1) is 0 Å². The van der Waals surface area contributed by atoms with Gasteiger partial charge in [0.25, 0.3) is 0 Å². The van der Waals surface area contributed by atoms with Gasteiger partial charge in [-0.1, -0.05) is 34.8 Å². The first kappa shape index (κ1) is 18.2. The van der Waals surface area contributed by atoms with E-state index in [-0.39, 0.29) is 5.91 Å². The lowest BCUT2D eigenvalue weighted by atomic mass is 10.2. The molecule has 1 unspecified atom stereocenters. The van der Waals surface area contributed by atoms with E-state index in [1.54, 1.807) is 6.07 Å². The van der Waals surface area contributed by atoms with Gasteiger partial charge in [-0.25, -0.2) is 0 Å². The van der Waals surface area contributed by atoms with Crippen LogP contribution in [0.25, 0.3) is 0 Å². The summed E-state index contributed by atoms with van der Waals surface area (Å²) < 4.78 is 0. The number of benzene rings is 1. The van der Waals surface area contributed by atoms with E-state index in [1.807, 2.05) is 0 Å². The first-order chi connectivity index (χ1) is 11.5. The number of hydrogen-bond donors (Lipinski definition) is 2. The molecule has 132 valence electrons. The average Bonchev–Trinajstić information content (AvgIpc) is 3.08. The van der Waals surface area contributed by atoms with Crippen LogP contribution in [0.15, 0.2) is 12.1 Å². The minimum Gasteiger partial charge on any atom is -0.324 e. The van der Waals surface area contributed by atoms with Crippen molar-refractivity contribution in [3.8, 4) is 0 Å². The molecule has 0 aromatic heterocycles. The molecule has 1 aromatic carbocycles. The van der Waals surface area contributed by atoms with E-state index in [1.165, 1.54) is 12.5 Å². The van der Waals surface area contributed by atoms with Crippen molar-refractivity contribution in [2.75, 3.05) is 51.1 Å². The summed E-state index contributed by atoms with van der Waals surface area (Å²) in [6, 6.07) is 3.76. The summed E-state index contributed by atoms with van der Waals surface area (Å²) >= 11 is 18.0. The van der Waals surface area contributed by atoms with Crippen molar-refractivity contribution in [3.63, 3.8) is 0 Å². The Balaban J connectivity index is 1.48. The number of halogens is 3. The zero-order valence-electron chi connectivity index (χ0n) is 13.3. The molecular formula is C16H21Cl3N4O. The van der Waals surface area contributed by atoms with Crippen LogP contribution in [0.5, 0.6) is 0 Å². The molecule has 3 rings (SSSR count). The Morgan fingerprint density at radius 1 is 1.12 bits per heavy atom. The van der Waals surface area contributed by atoms with Crippen molar-refractivity contribution in [3.05, 3.63) is 27.2 Å². The normalized spacial score (nSPS) is 22.7. The predicted molar refractivity (Wildman–Crippen MR) is 99.4 cm³/mol. The van der Waals surface area contributed by atoms with Crippen LogP contribution < -0.4 is 10.6 Å². The van der Waals surface area contributed by atoms with E-state index < -0.39 is 0 Å². The third-order valence-corrected chi connectivity index (χ3v) is 5.64. The van der Waals surface area contributed by atoms with Gasteiger partial charge in [-0.3, -0.25) is 14.6 Å². The van der Waals surface area contributed by atoms with E-state index in [9.17, 15) is 4.79 Å². The fraction of sp³-hybridized carbons (Fsp3) is 0.562. The Bertz CT molecular complexity index is 599. The van der Waals surface area contributed by atoms with Crippen molar-refractivity contribution in [2.24, 2.45) is 0 Å². The van der Waals surface area contributed by atoms with E-state index in [0.717, 1.165) is 39.3 Å². The maximum atomic E-state index is 12.3. The summed E-state index contributed by atoms with van der Waals surface area (Å²) in [5.74, 6) is -0.0914. The van der Waals surface area contributed by atoms with E-state index >= 15 is 0 Å². The summed E-state index contributed by atoms with van der Waals surface area (Å²) in [6.07, 6.45) is 1.22. The van der Waals surface area contributed by atoms with Gasteiger partial charge in [-0.2, -0.15) is 0 Å². The highest BCUT2D eigenvalue weighted by Crippen LogP contribution is 2.32. The third-order valence-electron chi connectivity index (χ3n) is 4.61. The molecule has 0 spiro atoms. The highest BCUT2D eigenvalue weighted by Gasteiger charge is 2.26. The van der Waals surface area contributed by atoms with Crippen molar-refractivity contribution in [1.29, 1.82) is 0 Å². The van der Waals surface area contributed by atoms with E-state index in [4.69, 9.17) is 34.8 Å². The Hall–Kier alpha value is -0.560. The van der Waals surface area contributed by atoms with Crippen LogP contribution >= 0.6 is 34.8 Å². The zero-order chi connectivity index (χ0) is 17.1. The number of piperazine rings is 1. The molecule has 2 aliphatic rings. The fourth-order valence-electron chi connectivity index (χ4n) is 3.25. The number of rotatable bonds is 4. The standard InChI is InChI=1S/C16H21Cl3N4O/c17-12-7-14(19)15(8-13(12)18)21-16(24)10-22-3-5-23(6-4-22)11-1-2-20-9-11/h7-8,11,20H,1-6,9-10H2,(H,21,24). The number of anilines is 1. The van der Waals surface area contributed by atoms with Crippen molar-refractivity contribution < 1.29 is 4.79 Å². The van der Waals surface area contributed by atoms with Gasteiger partial charge in [0.2, 0.25) is 5.91 Å². The Labute approximate surface area is 157 Å². The Kier molecular flexibility index (Phi) is 6.24. The van der Waals surface area contributed by atoms with Crippen molar-refractivity contribution in [1.82, 2.24) is 15.1 Å². The summed E-state index contributed by atoms with van der Waals surface area (Å²) in [6.45, 7) is 6.36. The summed E-state index contributed by atoms with van der Waals surface area (Å²) in [5.41, 5.74) is 0.492. The lowest BCUT2D eigenvalue weighted by Crippen LogP contribution is -2.52. The largest absolute Gasteiger partial charge is 0.324 e. The van der Waals surface area contributed by atoms with Crippen LogP contribution in [0.2, 0.25) is 15.1 Å². The van der Waals surface area contributed by atoms with Gasteiger partial charge < -0.3 is 10.6 Å². The number of hydrogen-bond acceptors (Lipinski definition) is 4. The minimum atomic E-state index is -0.0914. The van der Waals surface area contributed by atoms with E-state index in [0.29, 0.717) is 33.3 Å². The minimum absolute atomic E-state index is 0.0914. The molecule has 2 aliphatic heterocycles. The van der Waals surface area contributed by atoms with Crippen LogP contribution in [0.3, 0.4) is 0 Å². The first-order valence-corrected chi connectivity index (χ1v) is 9.28. The molecule has 2 N–H and O–H groups in total. The van der Waals surface area contributed by atoms with E-state index in [2.05, 4.69) is 20.4 Å². The first-order valence-electron chi connectivity index (χ1n) is 8.14. The SMILES string of the molecule is O=C(CN1CCN(C2CCNC2)CC1)Nc1cc(Cl)c(Cl)cc1Cl. The molecule has 0 bridgehead atoms. The van der Waals surface area contributed by atoms with Gasteiger partial charge >= 0.3 is 0 Å². The maximum Gasteiger partial charge on any atom is 0.238 e. The van der Waals surface area contributed by atoms with Crippen LogP contribution in [-0.2, 0) is 4.79 Å². The van der Waals surface area contributed by atoms with Crippen LogP contribution in [0.4, 0.5) is 5.69 Å². The molecule has 1 amide bonds.